The van der Waals surface area contributed by atoms with Crippen molar-refractivity contribution in [1.29, 1.82) is 0 Å². The smallest absolute Gasteiger partial charge is 0.317 e. The Labute approximate surface area is 98.4 Å². The second kappa shape index (κ2) is 4.65. The van der Waals surface area contributed by atoms with E-state index in [4.69, 9.17) is 0 Å². The zero-order chi connectivity index (χ0) is 11.5. The fourth-order valence-corrected chi connectivity index (χ4v) is 2.40. The van der Waals surface area contributed by atoms with Gasteiger partial charge in [-0.25, -0.2) is 9.78 Å². The molecular formula is C9H15N5OS. The van der Waals surface area contributed by atoms with Gasteiger partial charge in [-0.15, -0.1) is 0 Å². The van der Waals surface area contributed by atoms with Crippen LogP contribution in [0.5, 0.6) is 0 Å². The van der Waals surface area contributed by atoms with Gasteiger partial charge in [-0.2, -0.15) is 4.37 Å². The third-order valence-electron chi connectivity index (χ3n) is 2.57. The maximum atomic E-state index is 11.4. The molecule has 0 radical (unpaired) electrons. The van der Waals surface area contributed by atoms with Gasteiger partial charge in [0.15, 0.2) is 0 Å². The second-order valence-corrected chi connectivity index (χ2v) is 4.38. The second-order valence-electron chi connectivity index (χ2n) is 3.65. The molecule has 1 aromatic heterocycles. The lowest BCUT2D eigenvalue weighted by molar-refractivity contribution is 0.196. The first-order valence-electron chi connectivity index (χ1n) is 5.22. The number of hydrogen-bond donors (Lipinski definition) is 1. The molecule has 0 saturated carbocycles. The van der Waals surface area contributed by atoms with Crippen LogP contribution in [-0.2, 0) is 0 Å². The van der Waals surface area contributed by atoms with Crippen LogP contribution >= 0.6 is 11.5 Å². The monoisotopic (exact) mass is 241 g/mol. The maximum Gasteiger partial charge on any atom is 0.317 e. The van der Waals surface area contributed by atoms with E-state index in [1.807, 2.05) is 11.8 Å². The van der Waals surface area contributed by atoms with Crippen molar-refractivity contribution >= 4 is 22.7 Å². The van der Waals surface area contributed by atoms with Gasteiger partial charge in [0.2, 0.25) is 5.13 Å². The van der Waals surface area contributed by atoms with Gasteiger partial charge < -0.3 is 15.1 Å². The zero-order valence-electron chi connectivity index (χ0n) is 9.43. The number of rotatable bonds is 1. The summed E-state index contributed by atoms with van der Waals surface area (Å²) in [4.78, 5) is 19.7. The van der Waals surface area contributed by atoms with Crippen molar-refractivity contribution in [1.82, 2.24) is 19.6 Å². The summed E-state index contributed by atoms with van der Waals surface area (Å²) in [5.74, 6) is 0.814. The predicted molar refractivity (Wildman–Crippen MR) is 62.9 cm³/mol. The maximum absolute atomic E-state index is 11.4. The van der Waals surface area contributed by atoms with E-state index in [0.717, 1.165) is 37.1 Å². The van der Waals surface area contributed by atoms with Crippen molar-refractivity contribution < 1.29 is 4.79 Å². The van der Waals surface area contributed by atoms with E-state index in [1.165, 1.54) is 11.5 Å². The number of aromatic nitrogens is 2. The average molecular weight is 241 g/mol. The summed E-state index contributed by atoms with van der Waals surface area (Å²) < 4.78 is 4.16. The third-order valence-corrected chi connectivity index (χ3v) is 3.44. The molecule has 1 aromatic rings. The first-order chi connectivity index (χ1) is 7.70. The van der Waals surface area contributed by atoms with E-state index < -0.39 is 0 Å². The number of piperazine rings is 1. The number of amides is 2. The molecule has 1 saturated heterocycles. The summed E-state index contributed by atoms with van der Waals surface area (Å²) in [6.07, 6.45) is 0. The highest BCUT2D eigenvalue weighted by Crippen LogP contribution is 2.18. The van der Waals surface area contributed by atoms with E-state index in [-0.39, 0.29) is 6.03 Å². The largest absolute Gasteiger partial charge is 0.343 e. The van der Waals surface area contributed by atoms with Crippen LogP contribution in [0.4, 0.5) is 9.93 Å². The number of nitrogens with zero attached hydrogens (tertiary/aromatic N) is 4. The van der Waals surface area contributed by atoms with E-state index in [0.29, 0.717) is 0 Å². The summed E-state index contributed by atoms with van der Waals surface area (Å²) in [5.41, 5.74) is 0. The molecule has 6 nitrogen and oxygen atoms in total. The number of carbonyl (C=O) groups is 1. The number of urea groups is 1. The predicted octanol–water partition coefficient (Wildman–Crippen LogP) is 0.308. The molecule has 0 atom stereocenters. The van der Waals surface area contributed by atoms with E-state index in [2.05, 4.69) is 19.6 Å². The topological polar surface area (TPSA) is 61.4 Å². The van der Waals surface area contributed by atoms with Gasteiger partial charge >= 0.3 is 6.03 Å². The molecule has 0 aliphatic carbocycles. The summed E-state index contributed by atoms with van der Waals surface area (Å²) in [7, 11) is 1.66. The molecule has 2 amide bonds. The molecule has 0 bridgehead atoms. The van der Waals surface area contributed by atoms with E-state index in [9.17, 15) is 4.79 Å². The van der Waals surface area contributed by atoms with Gasteiger partial charge in [0.05, 0.1) is 0 Å². The number of carbonyl (C=O) groups excluding carboxylic acids is 1. The van der Waals surface area contributed by atoms with E-state index >= 15 is 0 Å². The Hall–Kier alpha value is -1.37. The molecule has 7 heteroatoms. The quantitative estimate of drug-likeness (QED) is 0.768. The standard InChI is InChI=1S/C9H15N5OS/c1-7-11-9(16-12-7)14-5-3-13(4-6-14)8(15)10-2/h3-6H2,1-2H3,(H,10,15). The van der Waals surface area contributed by atoms with Crippen LogP contribution in [0, 0.1) is 6.92 Å². The van der Waals surface area contributed by atoms with Crippen LogP contribution in [0.2, 0.25) is 0 Å². The Balaban J connectivity index is 1.92. The number of anilines is 1. The lowest BCUT2D eigenvalue weighted by Gasteiger charge is -2.33. The minimum Gasteiger partial charge on any atom is -0.343 e. The van der Waals surface area contributed by atoms with Crippen LogP contribution < -0.4 is 10.2 Å². The summed E-state index contributed by atoms with van der Waals surface area (Å²) in [6, 6.07) is -0.00639. The molecule has 0 unspecified atom stereocenters. The molecule has 88 valence electrons. The van der Waals surface area contributed by atoms with E-state index in [1.54, 1.807) is 7.05 Å². The molecular weight excluding hydrogens is 226 g/mol. The number of aryl methyl sites for hydroxylation is 1. The van der Waals surface area contributed by atoms with Gasteiger partial charge in [-0.3, -0.25) is 0 Å². The molecule has 1 fully saturated rings. The van der Waals surface area contributed by atoms with Crippen molar-refractivity contribution in [3.05, 3.63) is 5.82 Å². The van der Waals surface area contributed by atoms with Gasteiger partial charge in [-0.1, -0.05) is 0 Å². The highest BCUT2D eigenvalue weighted by molar-refractivity contribution is 7.09. The highest BCUT2D eigenvalue weighted by Gasteiger charge is 2.21. The summed E-state index contributed by atoms with van der Waals surface area (Å²) in [5, 5.41) is 3.59. The van der Waals surface area contributed by atoms with Crippen molar-refractivity contribution in [2.45, 2.75) is 6.92 Å². The molecule has 1 aliphatic rings. The molecule has 0 spiro atoms. The average Bonchev–Trinajstić information content (AvgIpc) is 2.75. The zero-order valence-corrected chi connectivity index (χ0v) is 10.3. The molecule has 2 heterocycles. The molecule has 1 N–H and O–H groups in total. The minimum absolute atomic E-state index is 0.00639. The first-order valence-corrected chi connectivity index (χ1v) is 6.00. The lowest BCUT2D eigenvalue weighted by Crippen LogP contribution is -2.51. The summed E-state index contributed by atoms with van der Waals surface area (Å²) >= 11 is 1.42. The Morgan fingerprint density at radius 2 is 2.06 bits per heavy atom. The van der Waals surface area contributed by atoms with Crippen molar-refractivity contribution in [3.63, 3.8) is 0 Å². The van der Waals surface area contributed by atoms with Crippen molar-refractivity contribution in [3.8, 4) is 0 Å². The van der Waals surface area contributed by atoms with Crippen LogP contribution in [0.15, 0.2) is 0 Å². The van der Waals surface area contributed by atoms with Gasteiger partial charge in [0.25, 0.3) is 0 Å². The van der Waals surface area contributed by atoms with Gasteiger partial charge in [0.1, 0.15) is 5.82 Å². The molecule has 2 rings (SSSR count). The van der Waals surface area contributed by atoms with Gasteiger partial charge in [-0.05, 0) is 6.92 Å². The Bertz CT molecular complexity index is 372. The fraction of sp³-hybridized carbons (Fsp3) is 0.667. The normalized spacial score (nSPS) is 16.4. The number of nitrogens with one attached hydrogen (secondary N) is 1. The van der Waals surface area contributed by atoms with Crippen LogP contribution in [-0.4, -0.2) is 53.5 Å². The van der Waals surface area contributed by atoms with Crippen molar-refractivity contribution in [2.24, 2.45) is 0 Å². The van der Waals surface area contributed by atoms with Crippen LogP contribution in [0.1, 0.15) is 5.82 Å². The summed E-state index contributed by atoms with van der Waals surface area (Å²) in [6.45, 7) is 5.00. The minimum atomic E-state index is -0.00639. The SMILES string of the molecule is CNC(=O)N1CCN(c2nc(C)ns2)CC1. The van der Waals surface area contributed by atoms with Gasteiger partial charge in [0, 0.05) is 44.8 Å². The molecule has 0 aromatic carbocycles. The van der Waals surface area contributed by atoms with Crippen molar-refractivity contribution in [2.75, 3.05) is 38.1 Å². The molecule has 1 aliphatic heterocycles. The Morgan fingerprint density at radius 3 is 2.56 bits per heavy atom. The molecule has 16 heavy (non-hydrogen) atoms. The first kappa shape index (κ1) is 11.1. The Kier molecular flexibility index (Phi) is 3.23. The number of hydrogen-bond acceptors (Lipinski definition) is 5. The van der Waals surface area contributed by atoms with Crippen LogP contribution in [0.25, 0.3) is 0 Å². The highest BCUT2D eigenvalue weighted by atomic mass is 32.1. The van der Waals surface area contributed by atoms with Crippen LogP contribution in [0.3, 0.4) is 0 Å². The fourth-order valence-electron chi connectivity index (χ4n) is 1.67. The Morgan fingerprint density at radius 1 is 1.38 bits per heavy atom. The lowest BCUT2D eigenvalue weighted by atomic mass is 10.3. The third kappa shape index (κ3) is 2.24.